The SMILES string of the molecule is Cc1nc2nc(SCc3ccccc3[N+](=O)[O-])nn2c(C)c1C. The molecule has 0 bridgehead atoms. The number of nitrogens with zero attached hydrogens (tertiary/aromatic N) is 5. The second kappa shape index (κ2) is 5.96. The highest BCUT2D eigenvalue weighted by molar-refractivity contribution is 7.98. The fourth-order valence-corrected chi connectivity index (χ4v) is 3.07. The average molecular weight is 329 g/mol. The van der Waals surface area contributed by atoms with E-state index in [4.69, 9.17) is 0 Å². The highest BCUT2D eigenvalue weighted by Gasteiger charge is 2.15. The largest absolute Gasteiger partial charge is 0.273 e. The summed E-state index contributed by atoms with van der Waals surface area (Å²) in [7, 11) is 0. The smallest absolute Gasteiger partial charge is 0.258 e. The Kier molecular flexibility index (Phi) is 3.99. The molecule has 2 aromatic heterocycles. The molecule has 7 nitrogen and oxygen atoms in total. The van der Waals surface area contributed by atoms with Crippen molar-refractivity contribution in [2.24, 2.45) is 0 Å². The van der Waals surface area contributed by atoms with Crippen LogP contribution in [-0.2, 0) is 5.75 Å². The molecule has 0 atom stereocenters. The van der Waals surface area contributed by atoms with E-state index in [1.807, 2.05) is 20.8 Å². The Hall–Kier alpha value is -2.48. The van der Waals surface area contributed by atoms with Crippen molar-refractivity contribution in [3.05, 3.63) is 56.9 Å². The number of thioether (sulfide) groups is 1. The van der Waals surface area contributed by atoms with Crippen LogP contribution in [0, 0.1) is 30.9 Å². The van der Waals surface area contributed by atoms with E-state index in [0.29, 0.717) is 22.3 Å². The lowest BCUT2D eigenvalue weighted by Gasteiger charge is -2.04. The van der Waals surface area contributed by atoms with Gasteiger partial charge in [0, 0.05) is 28.8 Å². The van der Waals surface area contributed by atoms with Gasteiger partial charge in [-0.1, -0.05) is 30.0 Å². The van der Waals surface area contributed by atoms with E-state index in [0.717, 1.165) is 17.0 Å². The van der Waals surface area contributed by atoms with Crippen molar-refractivity contribution in [1.29, 1.82) is 0 Å². The van der Waals surface area contributed by atoms with Crippen LogP contribution in [0.25, 0.3) is 5.78 Å². The maximum atomic E-state index is 11.0. The highest BCUT2D eigenvalue weighted by Crippen LogP contribution is 2.26. The quantitative estimate of drug-likeness (QED) is 0.415. The summed E-state index contributed by atoms with van der Waals surface area (Å²) in [5, 5.41) is 16.0. The highest BCUT2D eigenvalue weighted by atomic mass is 32.2. The third kappa shape index (κ3) is 2.89. The van der Waals surface area contributed by atoms with Crippen molar-refractivity contribution in [2.75, 3.05) is 0 Å². The van der Waals surface area contributed by atoms with Crippen LogP contribution < -0.4 is 0 Å². The molecular weight excluding hydrogens is 314 g/mol. The summed E-state index contributed by atoms with van der Waals surface area (Å²) in [6.45, 7) is 5.91. The summed E-state index contributed by atoms with van der Waals surface area (Å²) in [5.74, 6) is 0.987. The van der Waals surface area contributed by atoms with Gasteiger partial charge in [0.05, 0.1) is 4.92 Å². The minimum Gasteiger partial charge on any atom is -0.258 e. The Morgan fingerprint density at radius 2 is 1.96 bits per heavy atom. The lowest BCUT2D eigenvalue weighted by molar-refractivity contribution is -0.385. The Morgan fingerprint density at radius 1 is 1.22 bits per heavy atom. The van der Waals surface area contributed by atoms with Crippen LogP contribution in [0.2, 0.25) is 0 Å². The van der Waals surface area contributed by atoms with Gasteiger partial charge in [0.25, 0.3) is 11.5 Å². The molecule has 0 aliphatic heterocycles. The van der Waals surface area contributed by atoms with Crippen LogP contribution >= 0.6 is 11.8 Å². The normalized spacial score (nSPS) is 11.1. The summed E-state index contributed by atoms with van der Waals surface area (Å²) in [4.78, 5) is 19.5. The molecule has 0 saturated heterocycles. The number of hydrogen-bond donors (Lipinski definition) is 0. The Labute approximate surface area is 136 Å². The number of aryl methyl sites for hydroxylation is 2. The molecule has 3 aromatic rings. The molecule has 0 saturated carbocycles. The van der Waals surface area contributed by atoms with Gasteiger partial charge in [-0.2, -0.15) is 4.98 Å². The number of aromatic nitrogens is 4. The molecule has 0 N–H and O–H groups in total. The van der Waals surface area contributed by atoms with Crippen molar-refractivity contribution in [1.82, 2.24) is 19.6 Å². The van der Waals surface area contributed by atoms with Gasteiger partial charge in [-0.25, -0.2) is 9.50 Å². The van der Waals surface area contributed by atoms with Crippen molar-refractivity contribution in [3.8, 4) is 0 Å². The minimum absolute atomic E-state index is 0.116. The van der Waals surface area contributed by atoms with Gasteiger partial charge in [-0.15, -0.1) is 5.10 Å². The molecule has 23 heavy (non-hydrogen) atoms. The molecule has 8 heteroatoms. The summed E-state index contributed by atoms with van der Waals surface area (Å²) in [6.07, 6.45) is 0. The van der Waals surface area contributed by atoms with Gasteiger partial charge in [-0.05, 0) is 26.3 Å². The summed E-state index contributed by atoms with van der Waals surface area (Å²) in [5.41, 5.74) is 3.77. The Bertz CT molecular complexity index is 906. The molecule has 0 unspecified atom stereocenters. The first-order valence-corrected chi connectivity index (χ1v) is 8.01. The molecule has 0 spiro atoms. The lowest BCUT2D eigenvalue weighted by Crippen LogP contribution is -2.02. The third-order valence-corrected chi connectivity index (χ3v) is 4.67. The number of hydrogen-bond acceptors (Lipinski definition) is 6. The van der Waals surface area contributed by atoms with Gasteiger partial charge in [-0.3, -0.25) is 10.1 Å². The molecule has 3 rings (SSSR count). The van der Waals surface area contributed by atoms with Crippen LogP contribution in [0.5, 0.6) is 0 Å². The summed E-state index contributed by atoms with van der Waals surface area (Å²) >= 11 is 1.36. The summed E-state index contributed by atoms with van der Waals surface area (Å²) in [6, 6.07) is 6.71. The topological polar surface area (TPSA) is 86.2 Å². The van der Waals surface area contributed by atoms with Crippen molar-refractivity contribution in [3.63, 3.8) is 0 Å². The number of nitro groups is 1. The molecule has 0 fully saturated rings. The van der Waals surface area contributed by atoms with Crippen LogP contribution in [0.1, 0.15) is 22.5 Å². The molecule has 0 amide bonds. The number of para-hydroxylation sites is 1. The van der Waals surface area contributed by atoms with Crippen LogP contribution in [0.4, 0.5) is 5.69 Å². The van der Waals surface area contributed by atoms with Crippen molar-refractivity contribution < 1.29 is 4.92 Å². The molecule has 0 aliphatic rings. The van der Waals surface area contributed by atoms with E-state index >= 15 is 0 Å². The maximum absolute atomic E-state index is 11.0. The first-order valence-electron chi connectivity index (χ1n) is 7.03. The standard InChI is InChI=1S/C15H15N5O2S/c1-9-10(2)16-14-17-15(18-19(14)11(9)3)23-8-12-6-4-5-7-13(12)20(21)22/h4-7H,8H2,1-3H3. The van der Waals surface area contributed by atoms with Crippen molar-refractivity contribution >= 4 is 23.2 Å². The van der Waals surface area contributed by atoms with Crippen LogP contribution in [0.15, 0.2) is 29.4 Å². The zero-order valence-corrected chi connectivity index (χ0v) is 13.8. The second-order valence-corrected chi connectivity index (χ2v) is 6.13. The monoisotopic (exact) mass is 329 g/mol. The number of fused-ring (bicyclic) bond motifs is 1. The number of nitro benzene ring substituents is 1. The van der Waals surface area contributed by atoms with Crippen molar-refractivity contribution in [2.45, 2.75) is 31.7 Å². The zero-order chi connectivity index (χ0) is 16.6. The maximum Gasteiger partial charge on any atom is 0.273 e. The third-order valence-electron chi connectivity index (χ3n) is 3.79. The number of rotatable bonds is 4. The minimum atomic E-state index is -0.370. The van der Waals surface area contributed by atoms with E-state index < -0.39 is 0 Å². The first-order chi connectivity index (χ1) is 11.0. The van der Waals surface area contributed by atoms with E-state index in [1.165, 1.54) is 17.8 Å². The zero-order valence-electron chi connectivity index (χ0n) is 13.0. The molecule has 118 valence electrons. The predicted molar refractivity (Wildman–Crippen MR) is 87.7 cm³/mol. The van der Waals surface area contributed by atoms with Gasteiger partial charge in [0.2, 0.25) is 5.16 Å². The Balaban J connectivity index is 1.89. The number of benzene rings is 1. The van der Waals surface area contributed by atoms with Gasteiger partial charge < -0.3 is 0 Å². The summed E-state index contributed by atoms with van der Waals surface area (Å²) < 4.78 is 1.71. The van der Waals surface area contributed by atoms with Gasteiger partial charge in [0.1, 0.15) is 0 Å². The second-order valence-electron chi connectivity index (χ2n) is 5.19. The van der Waals surface area contributed by atoms with E-state index in [2.05, 4.69) is 15.1 Å². The van der Waals surface area contributed by atoms with E-state index in [-0.39, 0.29) is 10.6 Å². The Morgan fingerprint density at radius 3 is 2.70 bits per heavy atom. The van der Waals surface area contributed by atoms with E-state index in [9.17, 15) is 10.1 Å². The average Bonchev–Trinajstić information content (AvgIpc) is 2.94. The molecule has 0 radical (unpaired) electrons. The fourth-order valence-electron chi connectivity index (χ4n) is 2.25. The molecule has 1 aromatic carbocycles. The molecule has 2 heterocycles. The molecule has 0 aliphatic carbocycles. The fraction of sp³-hybridized carbons (Fsp3) is 0.267. The van der Waals surface area contributed by atoms with Gasteiger partial charge >= 0.3 is 0 Å². The van der Waals surface area contributed by atoms with Crippen LogP contribution in [0.3, 0.4) is 0 Å². The van der Waals surface area contributed by atoms with Crippen LogP contribution in [-0.4, -0.2) is 24.5 Å². The predicted octanol–water partition coefficient (Wildman–Crippen LogP) is 3.25. The van der Waals surface area contributed by atoms with E-state index in [1.54, 1.807) is 22.7 Å². The molecular formula is C15H15N5O2S. The first kappa shape index (κ1) is 15.4. The van der Waals surface area contributed by atoms with Gasteiger partial charge in [0.15, 0.2) is 0 Å². The lowest BCUT2D eigenvalue weighted by atomic mass is 10.2.